The molecule has 1 atom stereocenters. The Bertz CT molecular complexity index is 1380. The van der Waals surface area contributed by atoms with Crippen LogP contribution in [0, 0.1) is 5.82 Å². The largest absolute Gasteiger partial charge is 0.376 e. The molecule has 0 saturated carbocycles. The zero-order valence-electron chi connectivity index (χ0n) is 19.4. The topological polar surface area (TPSA) is 77.8 Å². The molecule has 1 unspecified atom stereocenters. The monoisotopic (exact) mass is 587 g/mol. The van der Waals surface area contributed by atoms with Gasteiger partial charge in [-0.15, -0.1) is 0 Å². The average Bonchev–Trinajstić information content (AvgIpc) is 2.87. The van der Waals surface area contributed by atoms with Crippen LogP contribution in [0.5, 0.6) is 0 Å². The number of carbonyl (C=O) groups excluding carboxylic acids is 1. The second kappa shape index (κ2) is 11.0. The Morgan fingerprint density at radius 2 is 1.54 bits per heavy atom. The SMILES string of the molecule is O=C(N1CCCCC1)C(F)(c1ccc(-c2cccc(Cc3cc(Cl)c(Cl)cc3Cl)c2F)cc1)P(=O)(O)O. The van der Waals surface area contributed by atoms with Gasteiger partial charge in [-0.05, 0) is 48.1 Å². The van der Waals surface area contributed by atoms with Crippen molar-refractivity contribution in [1.29, 1.82) is 0 Å². The Balaban J connectivity index is 1.67. The van der Waals surface area contributed by atoms with E-state index >= 15 is 8.78 Å². The molecule has 1 fully saturated rings. The molecule has 1 heterocycles. The molecule has 2 N–H and O–H groups in total. The first-order valence-corrected chi connectivity index (χ1v) is 14.2. The van der Waals surface area contributed by atoms with Crippen LogP contribution in [0.2, 0.25) is 15.1 Å². The maximum Gasteiger partial charge on any atom is 0.376 e. The predicted octanol–water partition coefficient (Wildman–Crippen LogP) is 7.36. The number of piperidine rings is 1. The standard InChI is InChI=1S/C26H23Cl3F2NO4P/c27-21-15-23(29)22(28)14-18(21)13-17-5-4-6-20(24(17)30)16-7-9-19(10-8-16)26(31,37(34,35)36)25(33)32-11-2-1-3-12-32/h4-10,14-15H,1-3,11-13H2,(H2,34,35,36). The molecule has 1 saturated heterocycles. The second-order valence-corrected chi connectivity index (χ2v) is 11.8. The summed E-state index contributed by atoms with van der Waals surface area (Å²) in [7, 11) is -5.55. The zero-order valence-corrected chi connectivity index (χ0v) is 22.6. The molecule has 1 aliphatic rings. The van der Waals surface area contributed by atoms with Crippen molar-refractivity contribution >= 4 is 48.3 Å². The van der Waals surface area contributed by atoms with Crippen molar-refractivity contribution in [2.75, 3.05) is 13.1 Å². The number of likely N-dealkylation sites (tertiary alicyclic amines) is 1. The van der Waals surface area contributed by atoms with Crippen LogP contribution in [0.15, 0.2) is 54.6 Å². The molecule has 4 rings (SSSR count). The van der Waals surface area contributed by atoms with E-state index in [1.165, 1.54) is 24.3 Å². The van der Waals surface area contributed by atoms with Gasteiger partial charge in [-0.25, -0.2) is 8.78 Å². The van der Waals surface area contributed by atoms with E-state index in [0.717, 1.165) is 23.5 Å². The number of rotatable bonds is 6. The van der Waals surface area contributed by atoms with E-state index in [9.17, 15) is 19.1 Å². The third-order valence-electron chi connectivity index (χ3n) is 6.46. The van der Waals surface area contributed by atoms with Gasteiger partial charge in [-0.2, -0.15) is 0 Å². The number of hydrogen-bond donors (Lipinski definition) is 2. The molecule has 196 valence electrons. The Morgan fingerprint density at radius 3 is 2.16 bits per heavy atom. The van der Waals surface area contributed by atoms with Gasteiger partial charge in [0, 0.05) is 35.7 Å². The van der Waals surface area contributed by atoms with Crippen LogP contribution < -0.4 is 0 Å². The maximum atomic E-state index is 16.0. The first-order chi connectivity index (χ1) is 17.4. The second-order valence-electron chi connectivity index (χ2n) is 8.91. The molecule has 11 heteroatoms. The van der Waals surface area contributed by atoms with Crippen molar-refractivity contribution in [1.82, 2.24) is 4.90 Å². The fourth-order valence-corrected chi connectivity index (χ4v) is 5.95. The lowest BCUT2D eigenvalue weighted by Gasteiger charge is -2.34. The Kier molecular flexibility index (Phi) is 8.34. The van der Waals surface area contributed by atoms with Gasteiger partial charge in [0.25, 0.3) is 5.91 Å². The molecule has 3 aromatic carbocycles. The van der Waals surface area contributed by atoms with Crippen molar-refractivity contribution in [2.45, 2.75) is 31.1 Å². The smallest absolute Gasteiger partial charge is 0.339 e. The molecular weight excluding hydrogens is 566 g/mol. The minimum atomic E-state index is -5.55. The minimum absolute atomic E-state index is 0.129. The van der Waals surface area contributed by atoms with Crippen molar-refractivity contribution < 1.29 is 27.9 Å². The summed E-state index contributed by atoms with van der Waals surface area (Å²) in [5, 5.41) is -2.64. The molecule has 1 aliphatic heterocycles. The normalized spacial score (nSPS) is 15.9. The van der Waals surface area contributed by atoms with E-state index in [1.807, 2.05) is 0 Å². The van der Waals surface area contributed by atoms with Crippen LogP contribution in [0.1, 0.15) is 36.0 Å². The highest BCUT2D eigenvalue weighted by Crippen LogP contribution is 2.59. The molecule has 37 heavy (non-hydrogen) atoms. The molecule has 0 aliphatic carbocycles. The highest BCUT2D eigenvalue weighted by atomic mass is 35.5. The molecule has 0 radical (unpaired) electrons. The Hall–Kier alpha value is -1.99. The minimum Gasteiger partial charge on any atom is -0.339 e. The first kappa shape index (κ1) is 28.0. The third-order valence-corrected chi connectivity index (χ3v) is 8.78. The summed E-state index contributed by atoms with van der Waals surface area (Å²) >= 11 is 18.3. The highest BCUT2D eigenvalue weighted by Gasteiger charge is 2.57. The molecule has 0 aromatic heterocycles. The van der Waals surface area contributed by atoms with Gasteiger partial charge >= 0.3 is 13.0 Å². The van der Waals surface area contributed by atoms with Gasteiger partial charge in [0.15, 0.2) is 0 Å². The van der Waals surface area contributed by atoms with Gasteiger partial charge in [0.2, 0.25) is 0 Å². The summed E-state index contributed by atoms with van der Waals surface area (Å²) in [6, 6.07) is 12.7. The van der Waals surface area contributed by atoms with Crippen LogP contribution in [-0.4, -0.2) is 33.7 Å². The quantitative estimate of drug-likeness (QED) is 0.233. The van der Waals surface area contributed by atoms with Gasteiger partial charge in [0.05, 0.1) is 10.0 Å². The van der Waals surface area contributed by atoms with Crippen molar-refractivity contribution in [2.24, 2.45) is 0 Å². The summed E-state index contributed by atoms with van der Waals surface area (Å²) < 4.78 is 43.7. The van der Waals surface area contributed by atoms with Crippen molar-refractivity contribution in [3.8, 4) is 11.1 Å². The fourth-order valence-electron chi connectivity index (χ4n) is 4.44. The number of alkyl halides is 1. The van der Waals surface area contributed by atoms with Crippen molar-refractivity contribution in [3.63, 3.8) is 0 Å². The van der Waals surface area contributed by atoms with E-state index in [4.69, 9.17) is 34.8 Å². The van der Waals surface area contributed by atoms with Gasteiger partial charge in [0.1, 0.15) is 5.82 Å². The molecule has 5 nitrogen and oxygen atoms in total. The van der Waals surface area contributed by atoms with E-state index < -0.39 is 30.3 Å². The number of nitrogens with zero attached hydrogens (tertiary/aromatic N) is 1. The van der Waals surface area contributed by atoms with Crippen LogP contribution >= 0.6 is 42.4 Å². The molecule has 1 amide bonds. The number of hydrogen-bond acceptors (Lipinski definition) is 2. The van der Waals surface area contributed by atoms with Gasteiger partial charge < -0.3 is 14.7 Å². The van der Waals surface area contributed by atoms with Crippen LogP contribution in [0.4, 0.5) is 8.78 Å². The van der Waals surface area contributed by atoms with Crippen LogP contribution in [-0.2, 0) is 21.2 Å². The highest BCUT2D eigenvalue weighted by molar-refractivity contribution is 7.54. The van der Waals surface area contributed by atoms with Gasteiger partial charge in [-0.1, -0.05) is 77.3 Å². The lowest BCUT2D eigenvalue weighted by molar-refractivity contribution is -0.141. The number of benzene rings is 3. The lowest BCUT2D eigenvalue weighted by atomic mass is 9.96. The molecule has 3 aromatic rings. The first-order valence-electron chi connectivity index (χ1n) is 11.5. The summed E-state index contributed by atoms with van der Waals surface area (Å²) in [6.07, 6.45) is 2.25. The van der Waals surface area contributed by atoms with Crippen LogP contribution in [0.3, 0.4) is 0 Å². The number of carbonyl (C=O) groups is 1. The molecule has 0 spiro atoms. The third kappa shape index (κ3) is 5.58. The van der Waals surface area contributed by atoms with Crippen molar-refractivity contribution in [3.05, 3.63) is 92.2 Å². The van der Waals surface area contributed by atoms with Gasteiger partial charge in [-0.3, -0.25) is 9.36 Å². The summed E-state index contributed by atoms with van der Waals surface area (Å²) in [5.74, 6) is -1.82. The number of halogens is 5. The summed E-state index contributed by atoms with van der Waals surface area (Å²) in [5.41, 5.74) is 0.920. The average molecular weight is 589 g/mol. The molecule has 0 bridgehead atoms. The Morgan fingerprint density at radius 1 is 0.919 bits per heavy atom. The van der Waals surface area contributed by atoms with Crippen LogP contribution in [0.25, 0.3) is 11.1 Å². The van der Waals surface area contributed by atoms with E-state index in [1.54, 1.807) is 18.2 Å². The van der Waals surface area contributed by atoms with E-state index in [2.05, 4.69) is 0 Å². The summed E-state index contributed by atoms with van der Waals surface area (Å²) in [4.78, 5) is 33.8. The zero-order chi connectivity index (χ0) is 27.0. The van der Waals surface area contributed by atoms with E-state index in [0.29, 0.717) is 34.6 Å². The lowest BCUT2D eigenvalue weighted by Crippen LogP contribution is -2.46. The Labute approximate surface area is 228 Å². The predicted molar refractivity (Wildman–Crippen MR) is 141 cm³/mol. The maximum absolute atomic E-state index is 16.0. The fraction of sp³-hybridized carbons (Fsp3) is 0.269. The van der Waals surface area contributed by atoms with E-state index in [-0.39, 0.29) is 35.1 Å². The number of amides is 1. The molecular formula is C26H23Cl3F2NO4P. The summed E-state index contributed by atoms with van der Waals surface area (Å²) in [6.45, 7) is 0.451.